The van der Waals surface area contributed by atoms with Gasteiger partial charge in [0.05, 0.1) is 0 Å². The van der Waals surface area contributed by atoms with Crippen molar-refractivity contribution in [2.24, 2.45) is 5.92 Å². The van der Waals surface area contributed by atoms with Crippen LogP contribution in [0.2, 0.25) is 0 Å². The van der Waals surface area contributed by atoms with E-state index >= 15 is 0 Å². The summed E-state index contributed by atoms with van der Waals surface area (Å²) in [7, 11) is 0. The summed E-state index contributed by atoms with van der Waals surface area (Å²) < 4.78 is 1.42. The number of thioether (sulfide) groups is 2. The fraction of sp³-hybridized carbons (Fsp3) is 1.00. The Morgan fingerprint density at radius 2 is 1.92 bits per heavy atom. The van der Waals surface area contributed by atoms with Crippen molar-refractivity contribution in [2.45, 2.75) is 47.9 Å². The molecule has 4 unspecified atom stereocenters. The molecule has 0 N–H and O–H groups in total. The van der Waals surface area contributed by atoms with Gasteiger partial charge >= 0.3 is 0 Å². The van der Waals surface area contributed by atoms with Crippen molar-refractivity contribution in [1.29, 1.82) is 0 Å². The smallest absolute Gasteiger partial charge is 0.0257 e. The van der Waals surface area contributed by atoms with Gasteiger partial charge < -0.3 is 0 Å². The molecule has 0 aromatic rings. The lowest BCUT2D eigenvalue weighted by molar-refractivity contribution is 0.316. The van der Waals surface area contributed by atoms with E-state index in [1.807, 2.05) is 0 Å². The molecule has 0 spiro atoms. The molecule has 4 atom stereocenters. The Labute approximate surface area is 83.3 Å². The summed E-state index contributed by atoms with van der Waals surface area (Å²) in [5, 5.41) is 1.04. The predicted molar refractivity (Wildman–Crippen MR) is 58.0 cm³/mol. The van der Waals surface area contributed by atoms with Gasteiger partial charge in [-0.25, -0.2) is 0 Å². The molecule has 0 radical (unpaired) electrons. The van der Waals surface area contributed by atoms with Crippen LogP contribution in [0.25, 0.3) is 0 Å². The van der Waals surface area contributed by atoms with Gasteiger partial charge in [-0.1, -0.05) is 0 Å². The second kappa shape index (κ2) is 2.20. The monoisotopic (exact) mass is 200 g/mol. The third-order valence-corrected chi connectivity index (χ3v) is 7.24. The van der Waals surface area contributed by atoms with E-state index in [-0.39, 0.29) is 0 Å². The Balaban J connectivity index is 1.74. The molecule has 0 amide bonds. The first-order valence-corrected chi connectivity index (χ1v) is 6.81. The van der Waals surface area contributed by atoms with Gasteiger partial charge in [-0.2, -0.15) is 11.8 Å². The molecule has 0 nitrogen and oxygen atoms in total. The number of hydrogen-bond donors (Lipinski definition) is 0. The molecule has 68 valence electrons. The molecule has 3 fully saturated rings. The zero-order valence-corrected chi connectivity index (χ0v) is 9.43. The summed E-state index contributed by atoms with van der Waals surface area (Å²) in [6, 6.07) is 0. The minimum atomic E-state index is 0.705. The Bertz CT molecular complexity index is 222. The second-order valence-electron chi connectivity index (χ2n) is 5.00. The van der Waals surface area contributed by atoms with Crippen LogP contribution in [-0.4, -0.2) is 20.5 Å². The number of fused-ring (bicyclic) bond motifs is 1. The average Bonchev–Trinajstić information content (AvgIpc) is 2.86. The van der Waals surface area contributed by atoms with Gasteiger partial charge in [0.1, 0.15) is 0 Å². The van der Waals surface area contributed by atoms with Crippen molar-refractivity contribution in [1.82, 2.24) is 0 Å². The maximum Gasteiger partial charge on any atom is 0.0257 e. The molecular weight excluding hydrogens is 184 g/mol. The first kappa shape index (κ1) is 8.05. The molecule has 0 aromatic carbocycles. The summed E-state index contributed by atoms with van der Waals surface area (Å²) in [6.07, 6.45) is 4.52. The average molecular weight is 200 g/mol. The molecule has 3 rings (SSSR count). The van der Waals surface area contributed by atoms with Crippen LogP contribution in [0, 0.1) is 5.92 Å². The molecule has 3 aliphatic rings. The first-order valence-electron chi connectivity index (χ1n) is 4.94. The second-order valence-corrected chi connectivity index (χ2v) is 8.25. The quantitative estimate of drug-likeness (QED) is 0.596. The minimum Gasteiger partial charge on any atom is -0.153 e. The van der Waals surface area contributed by atoms with E-state index in [9.17, 15) is 0 Å². The Morgan fingerprint density at radius 3 is 2.50 bits per heavy atom. The van der Waals surface area contributed by atoms with E-state index in [4.69, 9.17) is 0 Å². The summed E-state index contributed by atoms with van der Waals surface area (Å²) in [5.41, 5.74) is 0. The van der Waals surface area contributed by atoms with E-state index in [2.05, 4.69) is 37.4 Å². The molecule has 2 heterocycles. The molecule has 1 aliphatic carbocycles. The summed E-state index contributed by atoms with van der Waals surface area (Å²) in [6.45, 7) is 4.95. The van der Waals surface area contributed by atoms with Gasteiger partial charge in [0.15, 0.2) is 0 Å². The first-order chi connectivity index (χ1) is 5.62. The van der Waals surface area contributed by atoms with Crippen molar-refractivity contribution in [2.75, 3.05) is 5.75 Å². The Morgan fingerprint density at radius 1 is 1.17 bits per heavy atom. The third kappa shape index (κ3) is 1.07. The largest absolute Gasteiger partial charge is 0.153 e. The Hall–Kier alpha value is 0.700. The highest BCUT2D eigenvalue weighted by molar-refractivity contribution is 8.08. The topological polar surface area (TPSA) is 0 Å². The SMILES string of the molecule is CC1(C2CCC3SC3(C)C2)CS1. The summed E-state index contributed by atoms with van der Waals surface area (Å²) in [5.74, 6) is 2.47. The standard InChI is InChI=1S/C10H16S2/c1-9-5-7(10(2)6-11-10)3-4-8(9)12-9/h7-8H,3-6H2,1-2H3. The van der Waals surface area contributed by atoms with Gasteiger partial charge in [0, 0.05) is 20.5 Å². The summed E-state index contributed by atoms with van der Waals surface area (Å²) in [4.78, 5) is 0. The Kier molecular flexibility index (Phi) is 1.47. The predicted octanol–water partition coefficient (Wildman–Crippen LogP) is 3.17. The van der Waals surface area contributed by atoms with Gasteiger partial charge in [-0.3, -0.25) is 0 Å². The van der Waals surface area contributed by atoms with Gasteiger partial charge in [0.25, 0.3) is 0 Å². The number of hydrogen-bond acceptors (Lipinski definition) is 2. The molecule has 2 saturated heterocycles. The molecule has 12 heavy (non-hydrogen) atoms. The van der Waals surface area contributed by atoms with Gasteiger partial charge in [-0.05, 0) is 39.0 Å². The van der Waals surface area contributed by atoms with Crippen LogP contribution in [0.15, 0.2) is 0 Å². The lowest BCUT2D eigenvalue weighted by Crippen LogP contribution is -2.30. The van der Waals surface area contributed by atoms with Crippen LogP contribution in [-0.2, 0) is 0 Å². The van der Waals surface area contributed by atoms with Crippen LogP contribution in [0.5, 0.6) is 0 Å². The van der Waals surface area contributed by atoms with Crippen LogP contribution >= 0.6 is 23.5 Å². The number of rotatable bonds is 1. The lowest BCUT2D eigenvalue weighted by Gasteiger charge is -2.29. The van der Waals surface area contributed by atoms with Crippen LogP contribution in [0.4, 0.5) is 0 Å². The van der Waals surface area contributed by atoms with Crippen molar-refractivity contribution in [3.8, 4) is 0 Å². The molecule has 2 aliphatic heterocycles. The molecule has 2 heteroatoms. The minimum absolute atomic E-state index is 0.705. The van der Waals surface area contributed by atoms with Crippen LogP contribution in [0.3, 0.4) is 0 Å². The zero-order valence-electron chi connectivity index (χ0n) is 7.80. The van der Waals surface area contributed by atoms with E-state index in [0.29, 0.717) is 4.75 Å². The van der Waals surface area contributed by atoms with E-state index in [0.717, 1.165) is 15.9 Å². The van der Waals surface area contributed by atoms with Crippen molar-refractivity contribution >= 4 is 23.5 Å². The fourth-order valence-corrected chi connectivity index (χ4v) is 4.90. The van der Waals surface area contributed by atoms with Crippen molar-refractivity contribution in [3.63, 3.8) is 0 Å². The van der Waals surface area contributed by atoms with Crippen molar-refractivity contribution < 1.29 is 0 Å². The maximum atomic E-state index is 2.48. The summed E-state index contributed by atoms with van der Waals surface area (Å²) >= 11 is 4.43. The molecule has 0 aromatic heterocycles. The van der Waals surface area contributed by atoms with Gasteiger partial charge in [0.2, 0.25) is 0 Å². The fourth-order valence-electron chi connectivity index (χ4n) is 2.65. The highest BCUT2D eigenvalue weighted by Gasteiger charge is 2.59. The van der Waals surface area contributed by atoms with E-state index in [1.54, 1.807) is 0 Å². The van der Waals surface area contributed by atoms with E-state index in [1.165, 1.54) is 25.0 Å². The highest BCUT2D eigenvalue weighted by Crippen LogP contribution is 2.66. The van der Waals surface area contributed by atoms with Crippen molar-refractivity contribution in [3.05, 3.63) is 0 Å². The normalized spacial score (nSPS) is 62.5. The highest BCUT2D eigenvalue weighted by atomic mass is 32.2. The van der Waals surface area contributed by atoms with Crippen LogP contribution in [0.1, 0.15) is 33.1 Å². The van der Waals surface area contributed by atoms with E-state index < -0.39 is 0 Å². The third-order valence-electron chi connectivity index (χ3n) is 3.93. The maximum absolute atomic E-state index is 2.48. The van der Waals surface area contributed by atoms with Crippen LogP contribution < -0.4 is 0 Å². The molecule has 1 saturated carbocycles. The molecular formula is C10H16S2. The lowest BCUT2D eigenvalue weighted by atomic mass is 9.77. The zero-order chi connectivity index (χ0) is 8.40. The van der Waals surface area contributed by atoms with Gasteiger partial charge in [-0.15, -0.1) is 11.8 Å². The molecule has 0 bridgehead atoms.